The van der Waals surface area contributed by atoms with Crippen molar-refractivity contribution >= 4 is 27.7 Å². The van der Waals surface area contributed by atoms with Gasteiger partial charge in [-0.15, -0.1) is 0 Å². The Morgan fingerprint density at radius 2 is 1.76 bits per heavy atom. The Bertz CT molecular complexity index is 1040. The first kappa shape index (κ1) is 25.0. The van der Waals surface area contributed by atoms with Crippen molar-refractivity contribution < 1.29 is 32.6 Å². The number of piperazine rings is 1. The number of sulfone groups is 1. The van der Waals surface area contributed by atoms with Crippen LogP contribution in [0.15, 0.2) is 23.1 Å². The van der Waals surface area contributed by atoms with Gasteiger partial charge in [-0.05, 0) is 38.5 Å². The minimum absolute atomic E-state index is 0.0194. The molecule has 1 unspecified atom stereocenters. The molecule has 10 nitrogen and oxygen atoms in total. The van der Waals surface area contributed by atoms with E-state index < -0.39 is 33.4 Å². The van der Waals surface area contributed by atoms with Crippen LogP contribution in [0.3, 0.4) is 0 Å². The summed E-state index contributed by atoms with van der Waals surface area (Å²) < 4.78 is 30.4. The largest absolute Gasteiger partial charge is 0.444 e. The molecule has 2 aliphatic heterocycles. The van der Waals surface area contributed by atoms with Crippen LogP contribution < -0.4 is 5.32 Å². The molecular formula is C22H31N3O7S. The molecule has 0 spiro atoms. The third-order valence-electron chi connectivity index (χ3n) is 5.74. The summed E-state index contributed by atoms with van der Waals surface area (Å²) in [5.41, 5.74) is -0.164. The summed E-state index contributed by atoms with van der Waals surface area (Å²) >= 11 is 0. The maximum absolute atomic E-state index is 13.2. The molecule has 0 saturated carbocycles. The lowest BCUT2D eigenvalue weighted by atomic mass is 9.88. The number of nitrogens with zero attached hydrogens (tertiary/aromatic N) is 2. The van der Waals surface area contributed by atoms with Crippen molar-refractivity contribution in [3.63, 3.8) is 0 Å². The van der Waals surface area contributed by atoms with Gasteiger partial charge in [0.1, 0.15) is 5.60 Å². The highest BCUT2D eigenvalue weighted by Crippen LogP contribution is 2.32. The van der Waals surface area contributed by atoms with E-state index in [2.05, 4.69) is 5.32 Å². The van der Waals surface area contributed by atoms with E-state index in [0.717, 1.165) is 6.26 Å². The first-order valence-electron chi connectivity index (χ1n) is 10.8. The second-order valence-electron chi connectivity index (χ2n) is 9.45. The van der Waals surface area contributed by atoms with Crippen molar-refractivity contribution in [1.29, 1.82) is 0 Å². The molecule has 0 radical (unpaired) electrons. The zero-order valence-electron chi connectivity index (χ0n) is 19.3. The molecular weight excluding hydrogens is 450 g/mol. The Morgan fingerprint density at radius 3 is 2.30 bits per heavy atom. The van der Waals surface area contributed by atoms with Crippen molar-refractivity contribution in [2.24, 2.45) is 5.92 Å². The van der Waals surface area contributed by atoms with Gasteiger partial charge < -0.3 is 25.0 Å². The van der Waals surface area contributed by atoms with Crippen LogP contribution in [-0.2, 0) is 19.4 Å². The highest BCUT2D eigenvalue weighted by molar-refractivity contribution is 7.90. The van der Waals surface area contributed by atoms with Gasteiger partial charge in [-0.1, -0.05) is 6.07 Å². The lowest BCUT2D eigenvalue weighted by Crippen LogP contribution is -2.51. The molecule has 3 amide bonds. The predicted octanol–water partition coefficient (Wildman–Crippen LogP) is 0.605. The standard InChI is InChI=1S/C22H31N3O7S/c1-22(2,3)32-21(29)25-9-7-24(8-10-25)20(28)16-6-5-14(11-17(16)33(4,30)31)18-15(13-26)12-23-19(18)27/h5-6,11,15,18,26H,7-10,12-13H2,1-4H3,(H,23,27)/t15?,18-/m0/s1. The fourth-order valence-electron chi connectivity index (χ4n) is 4.07. The van der Waals surface area contributed by atoms with Crippen molar-refractivity contribution in [2.75, 3.05) is 45.6 Å². The number of aliphatic hydroxyl groups excluding tert-OH is 1. The number of hydrogen-bond donors (Lipinski definition) is 2. The van der Waals surface area contributed by atoms with E-state index in [-0.39, 0.29) is 55.1 Å². The Morgan fingerprint density at radius 1 is 1.15 bits per heavy atom. The molecule has 0 aromatic heterocycles. The maximum Gasteiger partial charge on any atom is 0.410 e. The van der Waals surface area contributed by atoms with Gasteiger partial charge >= 0.3 is 6.09 Å². The summed E-state index contributed by atoms with van der Waals surface area (Å²) in [6, 6.07) is 4.35. The van der Waals surface area contributed by atoms with E-state index in [9.17, 15) is 27.9 Å². The van der Waals surface area contributed by atoms with Crippen LogP contribution in [0.2, 0.25) is 0 Å². The summed E-state index contributed by atoms with van der Waals surface area (Å²) in [7, 11) is -3.78. The number of benzene rings is 1. The first-order chi connectivity index (χ1) is 15.3. The van der Waals surface area contributed by atoms with Crippen molar-refractivity contribution in [3.05, 3.63) is 29.3 Å². The number of ether oxygens (including phenoxy) is 1. The molecule has 2 aliphatic rings. The molecule has 0 bridgehead atoms. The smallest absolute Gasteiger partial charge is 0.410 e. The lowest BCUT2D eigenvalue weighted by molar-refractivity contribution is -0.120. The third-order valence-corrected chi connectivity index (χ3v) is 6.88. The number of hydrogen-bond acceptors (Lipinski definition) is 7. The van der Waals surface area contributed by atoms with Crippen LogP contribution in [0.1, 0.15) is 42.6 Å². The number of carbonyl (C=O) groups excluding carboxylic acids is 3. The van der Waals surface area contributed by atoms with Gasteiger partial charge in [0.15, 0.2) is 9.84 Å². The molecule has 2 fully saturated rings. The highest BCUT2D eigenvalue weighted by Gasteiger charge is 2.37. The van der Waals surface area contributed by atoms with Gasteiger partial charge in [-0.3, -0.25) is 9.59 Å². The van der Waals surface area contributed by atoms with Crippen molar-refractivity contribution in [1.82, 2.24) is 15.1 Å². The Kier molecular flexibility index (Phi) is 7.04. The summed E-state index contributed by atoms with van der Waals surface area (Å²) in [6.45, 7) is 6.43. The van der Waals surface area contributed by atoms with Gasteiger partial charge in [0.2, 0.25) is 5.91 Å². The fraction of sp³-hybridized carbons (Fsp3) is 0.591. The molecule has 11 heteroatoms. The number of amides is 3. The van der Waals surface area contributed by atoms with E-state index in [1.807, 2.05) is 0 Å². The second-order valence-corrected chi connectivity index (χ2v) is 11.4. The van der Waals surface area contributed by atoms with E-state index in [4.69, 9.17) is 4.74 Å². The number of carbonyl (C=O) groups is 3. The van der Waals surface area contributed by atoms with E-state index in [0.29, 0.717) is 12.1 Å². The SMILES string of the molecule is CC(C)(C)OC(=O)N1CCN(C(=O)c2ccc([C@@H]3C(=O)NCC3CO)cc2S(C)(=O)=O)CC1. The molecule has 3 rings (SSSR count). The predicted molar refractivity (Wildman–Crippen MR) is 120 cm³/mol. The van der Waals surface area contributed by atoms with Crippen molar-refractivity contribution in [2.45, 2.75) is 37.2 Å². The van der Waals surface area contributed by atoms with Gasteiger partial charge in [0, 0.05) is 51.5 Å². The molecule has 1 aromatic rings. The average Bonchev–Trinajstić information content (AvgIpc) is 3.11. The van der Waals surface area contributed by atoms with Gasteiger partial charge in [-0.2, -0.15) is 0 Å². The molecule has 2 N–H and O–H groups in total. The van der Waals surface area contributed by atoms with Crippen LogP contribution in [0.5, 0.6) is 0 Å². The molecule has 1 aromatic carbocycles. The molecule has 182 valence electrons. The van der Waals surface area contributed by atoms with E-state index >= 15 is 0 Å². The quantitative estimate of drug-likeness (QED) is 0.643. The van der Waals surface area contributed by atoms with E-state index in [1.165, 1.54) is 21.9 Å². The molecule has 2 heterocycles. The molecule has 33 heavy (non-hydrogen) atoms. The number of nitrogens with one attached hydrogen (secondary N) is 1. The van der Waals surface area contributed by atoms with Crippen LogP contribution in [0.4, 0.5) is 4.79 Å². The van der Waals surface area contributed by atoms with E-state index in [1.54, 1.807) is 26.8 Å². The Hall–Kier alpha value is -2.66. The van der Waals surface area contributed by atoms with Gasteiger partial charge in [0.25, 0.3) is 5.91 Å². The maximum atomic E-state index is 13.2. The van der Waals surface area contributed by atoms with Crippen LogP contribution >= 0.6 is 0 Å². The number of rotatable bonds is 4. The van der Waals surface area contributed by atoms with Crippen LogP contribution in [0, 0.1) is 5.92 Å². The van der Waals surface area contributed by atoms with Gasteiger partial charge in [0.05, 0.1) is 16.4 Å². The monoisotopic (exact) mass is 481 g/mol. The summed E-state index contributed by atoms with van der Waals surface area (Å²) in [4.78, 5) is 40.6. The molecule has 2 saturated heterocycles. The summed E-state index contributed by atoms with van der Waals surface area (Å²) in [5.74, 6) is -1.80. The normalized spacial score (nSPS) is 21.7. The third kappa shape index (κ3) is 5.64. The molecule has 0 aliphatic carbocycles. The second kappa shape index (κ2) is 9.30. The zero-order valence-corrected chi connectivity index (χ0v) is 20.1. The van der Waals surface area contributed by atoms with Crippen LogP contribution in [-0.4, -0.2) is 92.4 Å². The van der Waals surface area contributed by atoms with Gasteiger partial charge in [-0.25, -0.2) is 13.2 Å². The first-order valence-corrected chi connectivity index (χ1v) is 12.7. The Balaban J connectivity index is 1.81. The zero-order chi connectivity index (χ0) is 24.6. The van der Waals surface area contributed by atoms with Crippen molar-refractivity contribution in [3.8, 4) is 0 Å². The van der Waals surface area contributed by atoms with Crippen LogP contribution in [0.25, 0.3) is 0 Å². The highest BCUT2D eigenvalue weighted by atomic mass is 32.2. The minimum Gasteiger partial charge on any atom is -0.444 e. The topological polar surface area (TPSA) is 133 Å². The lowest BCUT2D eigenvalue weighted by Gasteiger charge is -2.35. The fourth-order valence-corrected chi connectivity index (χ4v) is 4.98. The minimum atomic E-state index is -3.78. The summed E-state index contributed by atoms with van der Waals surface area (Å²) in [6.07, 6.45) is 0.561. The Labute approximate surface area is 193 Å². The summed E-state index contributed by atoms with van der Waals surface area (Å²) in [5, 5.41) is 12.2. The average molecular weight is 482 g/mol. The molecule has 2 atom stereocenters. The number of aliphatic hydroxyl groups is 1.